The van der Waals surface area contributed by atoms with E-state index in [1.54, 1.807) is 24.4 Å². The smallest absolute Gasteiger partial charge is 0.148 e. The fourth-order valence-corrected chi connectivity index (χ4v) is 8.01. The average molecular weight is 991 g/mol. The summed E-state index contributed by atoms with van der Waals surface area (Å²) in [7, 11) is 0. The van der Waals surface area contributed by atoms with Crippen LogP contribution in [0.4, 0.5) is 0 Å². The largest absolute Gasteiger partial charge is 0.507 e. The van der Waals surface area contributed by atoms with Crippen molar-refractivity contribution >= 4 is 11.0 Å². The third-order valence-corrected chi connectivity index (χ3v) is 11.2. The predicted molar refractivity (Wildman–Crippen MR) is 252 cm³/mol. The number of hydrogen-bond acceptors (Lipinski definition) is 3. The van der Waals surface area contributed by atoms with Crippen LogP contribution in [0.5, 0.6) is 5.75 Å². The molecule has 0 saturated carbocycles. The van der Waals surface area contributed by atoms with Gasteiger partial charge in [0.1, 0.15) is 11.6 Å². The monoisotopic (exact) mass is 990 g/mol. The first-order chi connectivity index (χ1) is 32.1. The van der Waals surface area contributed by atoms with Crippen LogP contribution in [-0.4, -0.2) is 19.6 Å². The van der Waals surface area contributed by atoms with E-state index in [0.717, 1.165) is 55.7 Å². The molecule has 4 nitrogen and oxygen atoms in total. The molecule has 2 aromatic heterocycles. The summed E-state index contributed by atoms with van der Waals surface area (Å²) in [6.45, 7) is 6.88. The molecule has 0 fully saturated rings. The summed E-state index contributed by atoms with van der Waals surface area (Å²) in [6, 6.07) is 44.2. The maximum absolute atomic E-state index is 11.7. The van der Waals surface area contributed by atoms with Crippen LogP contribution in [0, 0.1) is 19.9 Å². The van der Waals surface area contributed by atoms with E-state index in [1.807, 2.05) is 50.2 Å². The predicted octanol–water partition coefficient (Wildman–Crippen LogP) is 14.8. The van der Waals surface area contributed by atoms with Gasteiger partial charge in [-0.3, -0.25) is 9.55 Å². The molecule has 0 saturated heterocycles. The molecule has 5 heteroatoms. The number of aromatic hydroxyl groups is 1. The number of benzene rings is 6. The standard InChI is InChI=1S/C56H56N3O.Pt/c1-35-28-36(2)52(60)47(29-35)53-58-51-46(18-15-19-50(51)59(53)44-24-25-45(38-16-13-12-14-17-38)48(34-44)56(9,10)11)40-30-41(32-43(31-40)55(6,7)8)49-33-39(26-27-57-49)37-20-22-42(23-21-37)54(3,4)5;/h12-29,31-34,60H,1-11H3;/q-1;/i3D3,4D3,5D3;. The molecule has 0 amide bonds. The maximum Gasteiger partial charge on any atom is 0.148 e. The Morgan fingerprint density at radius 2 is 1.33 bits per heavy atom. The molecule has 8 aromatic rings. The molecule has 0 atom stereocenters. The zero-order valence-corrected chi connectivity index (χ0v) is 38.1. The van der Waals surface area contributed by atoms with Crippen LogP contribution in [0.3, 0.4) is 0 Å². The molecule has 312 valence electrons. The number of rotatable bonds is 6. The van der Waals surface area contributed by atoms with Gasteiger partial charge in [-0.2, -0.15) is 0 Å². The molecule has 61 heavy (non-hydrogen) atoms. The van der Waals surface area contributed by atoms with Gasteiger partial charge in [0.15, 0.2) is 0 Å². The van der Waals surface area contributed by atoms with Gasteiger partial charge in [0, 0.05) is 51.0 Å². The van der Waals surface area contributed by atoms with Crippen LogP contribution >= 0.6 is 0 Å². The molecule has 6 aromatic carbocycles. The fourth-order valence-electron chi connectivity index (χ4n) is 8.01. The Labute approximate surface area is 389 Å². The Morgan fingerprint density at radius 1 is 0.607 bits per heavy atom. The molecule has 0 aliphatic carbocycles. The molecule has 0 bridgehead atoms. The molecule has 8 rings (SSSR count). The van der Waals surface area contributed by atoms with E-state index >= 15 is 0 Å². The van der Waals surface area contributed by atoms with Crippen LogP contribution in [0.2, 0.25) is 0 Å². The maximum atomic E-state index is 11.7. The summed E-state index contributed by atoms with van der Waals surface area (Å²) in [5.41, 5.74) is 9.52. The SMILES string of the molecule is [2H]C([2H])([2H])C(c1ccc(-c2ccnc(-c3[c-]c(-c4cccc5c4nc(-c4cc(C)cc(C)c4O)n5-c4ccc(-c5ccccc5)c(C(C)(C)C)c4)cc(C(C)(C)C)c3)c2)cc1)(C([2H])([2H])[2H])C([2H])([2H])[2H].[Pt]. The van der Waals surface area contributed by atoms with Gasteiger partial charge in [0.2, 0.25) is 0 Å². The number of imidazole rings is 1. The summed E-state index contributed by atoms with van der Waals surface area (Å²) < 4.78 is 75.7. The van der Waals surface area contributed by atoms with Crippen molar-refractivity contribution in [2.24, 2.45) is 0 Å². The van der Waals surface area contributed by atoms with E-state index in [-0.39, 0.29) is 43.2 Å². The molecule has 0 spiro atoms. The van der Waals surface area contributed by atoms with E-state index in [1.165, 1.54) is 12.1 Å². The Kier molecular flexibility index (Phi) is 8.88. The van der Waals surface area contributed by atoms with Crippen LogP contribution in [-0.2, 0) is 37.3 Å². The van der Waals surface area contributed by atoms with Crippen molar-refractivity contribution in [2.45, 2.75) is 92.2 Å². The average Bonchev–Trinajstić information content (AvgIpc) is 3.66. The van der Waals surface area contributed by atoms with E-state index in [2.05, 4.69) is 113 Å². The summed E-state index contributed by atoms with van der Waals surface area (Å²) in [5, 5.41) is 11.7. The third kappa shape index (κ3) is 8.66. The number of phenols is 1. The molecule has 2 heterocycles. The first kappa shape index (κ1) is 33.1. The van der Waals surface area contributed by atoms with Gasteiger partial charge in [0.25, 0.3) is 0 Å². The van der Waals surface area contributed by atoms with E-state index in [0.29, 0.717) is 39.3 Å². The summed E-state index contributed by atoms with van der Waals surface area (Å²) >= 11 is 0. The van der Waals surface area contributed by atoms with Crippen molar-refractivity contribution in [2.75, 3.05) is 0 Å². The van der Waals surface area contributed by atoms with Crippen molar-refractivity contribution in [3.63, 3.8) is 0 Å². The van der Waals surface area contributed by atoms with Crippen LogP contribution in [0.1, 0.15) is 102 Å². The van der Waals surface area contributed by atoms with E-state index in [9.17, 15) is 5.11 Å². The van der Waals surface area contributed by atoms with Gasteiger partial charge < -0.3 is 5.11 Å². The number of aromatic nitrogens is 3. The van der Waals surface area contributed by atoms with Crippen molar-refractivity contribution in [3.05, 3.63) is 167 Å². The Bertz CT molecular complexity index is 3200. The second-order valence-electron chi connectivity index (χ2n) is 18.0. The van der Waals surface area contributed by atoms with Crippen LogP contribution in [0.25, 0.3) is 72.7 Å². The van der Waals surface area contributed by atoms with E-state index in [4.69, 9.17) is 22.3 Å². The van der Waals surface area contributed by atoms with Gasteiger partial charge in [-0.1, -0.05) is 158 Å². The minimum atomic E-state index is -3.37. The third-order valence-electron chi connectivity index (χ3n) is 11.2. The minimum absolute atomic E-state index is 0. The van der Waals surface area contributed by atoms with Crippen LogP contribution < -0.4 is 0 Å². The van der Waals surface area contributed by atoms with Gasteiger partial charge >= 0.3 is 0 Å². The Hall–Kier alpha value is -5.57. The molecule has 1 N–H and O–H groups in total. The Balaban J connectivity index is 0.00000722. The van der Waals surface area contributed by atoms with Gasteiger partial charge in [-0.05, 0) is 105 Å². The Morgan fingerprint density at radius 3 is 2.02 bits per heavy atom. The summed E-state index contributed by atoms with van der Waals surface area (Å²) in [6.07, 6.45) is 1.66. The van der Waals surface area contributed by atoms with Crippen molar-refractivity contribution < 1.29 is 38.5 Å². The topological polar surface area (TPSA) is 50.9 Å². The van der Waals surface area contributed by atoms with Crippen molar-refractivity contribution in [1.82, 2.24) is 14.5 Å². The van der Waals surface area contributed by atoms with Gasteiger partial charge in [-0.15, -0.1) is 29.3 Å². The molecular formula is C56H56N3OPt-. The van der Waals surface area contributed by atoms with E-state index < -0.39 is 26.0 Å². The number of fused-ring (bicyclic) bond motifs is 1. The second kappa shape index (κ2) is 16.4. The van der Waals surface area contributed by atoms with Crippen molar-refractivity contribution in [3.8, 4) is 67.5 Å². The fraction of sp³-hybridized carbons (Fsp3) is 0.250. The van der Waals surface area contributed by atoms with Gasteiger partial charge in [0.05, 0.1) is 16.6 Å². The molecule has 0 radical (unpaired) electrons. The normalized spacial score (nSPS) is 14.9. The first-order valence-electron chi connectivity index (χ1n) is 24.8. The molecular weight excluding hydrogens is 926 g/mol. The number of para-hydroxylation sites is 1. The molecule has 0 unspecified atom stereocenters. The second-order valence-corrected chi connectivity index (χ2v) is 18.0. The van der Waals surface area contributed by atoms with Crippen LogP contribution in [0.15, 0.2) is 134 Å². The number of aryl methyl sites for hydroxylation is 2. The number of hydrogen-bond donors (Lipinski definition) is 1. The van der Waals surface area contributed by atoms with Crippen molar-refractivity contribution in [1.29, 1.82) is 0 Å². The first-order valence-corrected chi connectivity index (χ1v) is 20.3. The number of pyridine rings is 1. The summed E-state index contributed by atoms with van der Waals surface area (Å²) in [5.74, 6) is 0.751. The quantitative estimate of drug-likeness (QED) is 0.169. The zero-order valence-electron chi connectivity index (χ0n) is 44.8. The molecule has 0 aliphatic rings. The minimum Gasteiger partial charge on any atom is -0.507 e. The number of nitrogens with zero attached hydrogens (tertiary/aromatic N) is 3. The zero-order chi connectivity index (χ0) is 50.2. The van der Waals surface area contributed by atoms with Gasteiger partial charge in [-0.25, -0.2) is 4.98 Å². The number of phenolic OH excluding ortho intramolecular Hbond substituents is 1. The molecule has 0 aliphatic heterocycles. The summed E-state index contributed by atoms with van der Waals surface area (Å²) in [4.78, 5) is 10.2.